The van der Waals surface area contributed by atoms with Crippen LogP contribution >= 0.6 is 0 Å². The van der Waals surface area contributed by atoms with Crippen LogP contribution in [0, 0.1) is 0 Å². The number of hydrogen-bond acceptors (Lipinski definition) is 4. The zero-order valence-electron chi connectivity index (χ0n) is 15.9. The van der Waals surface area contributed by atoms with Gasteiger partial charge in [0.1, 0.15) is 6.61 Å². The molecule has 1 amide bonds. The van der Waals surface area contributed by atoms with Crippen molar-refractivity contribution < 1.29 is 32.6 Å². The zero-order chi connectivity index (χ0) is 20.8. The van der Waals surface area contributed by atoms with E-state index in [-0.39, 0.29) is 18.6 Å². The molecule has 0 fully saturated rings. The van der Waals surface area contributed by atoms with Crippen molar-refractivity contribution >= 4 is 11.9 Å². The number of carbonyl (C=O) groups is 2. The highest BCUT2D eigenvalue weighted by Crippen LogP contribution is 2.17. The Bertz CT molecular complexity index is 629. The van der Waals surface area contributed by atoms with Crippen molar-refractivity contribution in [2.24, 2.45) is 0 Å². The van der Waals surface area contributed by atoms with Gasteiger partial charge in [0, 0.05) is 51.7 Å². The molecule has 0 spiro atoms. The molecule has 0 saturated carbocycles. The standard InChI is InChI=1S/C15H25N3O2.C2HF3O2/c1-12(2)18-8-13-6-5-7-17(13)9-14(10-18)20-11-15(19)16(3)4;3-2(4,5)1(6)7/h5-7,12,14H,8-11H2,1-4H3;(H,6,7). The lowest BCUT2D eigenvalue weighted by atomic mass is 10.2. The molecule has 0 saturated heterocycles. The van der Waals surface area contributed by atoms with Gasteiger partial charge in [0.2, 0.25) is 5.91 Å². The van der Waals surface area contributed by atoms with E-state index in [1.165, 1.54) is 5.69 Å². The first-order valence-electron chi connectivity index (χ1n) is 8.41. The van der Waals surface area contributed by atoms with E-state index in [4.69, 9.17) is 14.6 Å². The first-order valence-corrected chi connectivity index (χ1v) is 8.41. The predicted octanol–water partition coefficient (Wildman–Crippen LogP) is 1.82. The normalized spacial score (nSPS) is 17.6. The van der Waals surface area contributed by atoms with Crippen molar-refractivity contribution in [3.8, 4) is 0 Å². The summed E-state index contributed by atoms with van der Waals surface area (Å²) in [6.07, 6.45) is -2.95. The minimum Gasteiger partial charge on any atom is -0.475 e. The maximum atomic E-state index is 11.7. The van der Waals surface area contributed by atoms with Crippen molar-refractivity contribution in [2.75, 3.05) is 27.2 Å². The highest BCUT2D eigenvalue weighted by Gasteiger charge is 2.38. The Morgan fingerprint density at radius 2 is 1.93 bits per heavy atom. The highest BCUT2D eigenvalue weighted by atomic mass is 19.4. The fraction of sp³-hybridized carbons (Fsp3) is 0.647. The fourth-order valence-electron chi connectivity index (χ4n) is 2.40. The molecule has 0 aromatic carbocycles. The summed E-state index contributed by atoms with van der Waals surface area (Å²) in [4.78, 5) is 24.5. The second kappa shape index (κ2) is 9.75. The van der Waals surface area contributed by atoms with Crippen LogP contribution in [-0.4, -0.2) is 76.9 Å². The van der Waals surface area contributed by atoms with Crippen LogP contribution in [0.3, 0.4) is 0 Å². The molecule has 2 heterocycles. The number of carbonyl (C=O) groups excluding carboxylic acids is 1. The minimum absolute atomic E-state index is 0.0121. The highest BCUT2D eigenvalue weighted by molar-refractivity contribution is 5.76. The largest absolute Gasteiger partial charge is 0.490 e. The molecule has 27 heavy (non-hydrogen) atoms. The number of hydrogen-bond donors (Lipinski definition) is 1. The molecule has 1 aromatic heterocycles. The van der Waals surface area contributed by atoms with E-state index in [9.17, 15) is 18.0 Å². The summed E-state index contributed by atoms with van der Waals surface area (Å²) in [5.41, 5.74) is 1.31. The number of fused-ring (bicyclic) bond motifs is 1. The Hall–Kier alpha value is -2.07. The van der Waals surface area contributed by atoms with Crippen molar-refractivity contribution in [1.29, 1.82) is 0 Å². The third-order valence-electron chi connectivity index (χ3n) is 4.04. The predicted molar refractivity (Wildman–Crippen MR) is 92.1 cm³/mol. The van der Waals surface area contributed by atoms with Crippen LogP contribution in [0.15, 0.2) is 18.3 Å². The molecule has 7 nitrogen and oxygen atoms in total. The Balaban J connectivity index is 0.000000445. The number of carboxylic acid groups (broad SMARTS) is 1. The second-order valence-electron chi connectivity index (χ2n) is 6.70. The average molecular weight is 393 g/mol. The summed E-state index contributed by atoms with van der Waals surface area (Å²) in [5, 5.41) is 7.12. The Morgan fingerprint density at radius 1 is 1.33 bits per heavy atom. The monoisotopic (exact) mass is 393 g/mol. The van der Waals surface area contributed by atoms with Gasteiger partial charge in [-0.3, -0.25) is 9.69 Å². The van der Waals surface area contributed by atoms with Gasteiger partial charge < -0.3 is 19.3 Å². The smallest absolute Gasteiger partial charge is 0.475 e. The van der Waals surface area contributed by atoms with E-state index in [0.29, 0.717) is 6.04 Å². The summed E-state index contributed by atoms with van der Waals surface area (Å²) in [5.74, 6) is -2.74. The number of alkyl halides is 3. The van der Waals surface area contributed by atoms with Crippen LogP contribution in [-0.2, 0) is 27.4 Å². The molecule has 1 unspecified atom stereocenters. The summed E-state index contributed by atoms with van der Waals surface area (Å²) < 4.78 is 39.8. The van der Waals surface area contributed by atoms with Gasteiger partial charge in [-0.15, -0.1) is 0 Å². The number of carboxylic acids is 1. The van der Waals surface area contributed by atoms with Crippen LogP contribution in [0.25, 0.3) is 0 Å². The number of ether oxygens (including phenoxy) is 1. The number of nitrogens with zero attached hydrogens (tertiary/aromatic N) is 3. The van der Waals surface area contributed by atoms with E-state index in [0.717, 1.165) is 19.6 Å². The number of likely N-dealkylation sites (N-methyl/N-ethyl adjacent to an activating group) is 1. The van der Waals surface area contributed by atoms with Crippen LogP contribution in [0.2, 0.25) is 0 Å². The molecule has 10 heteroatoms. The van der Waals surface area contributed by atoms with Crippen LogP contribution in [0.5, 0.6) is 0 Å². The van der Waals surface area contributed by atoms with Crippen molar-refractivity contribution in [2.45, 2.75) is 45.3 Å². The molecule has 1 atom stereocenters. The number of aliphatic carboxylic acids is 1. The van der Waals surface area contributed by atoms with E-state index in [2.05, 4.69) is 41.6 Å². The third-order valence-corrected chi connectivity index (χ3v) is 4.04. The van der Waals surface area contributed by atoms with Gasteiger partial charge in [-0.2, -0.15) is 13.2 Å². The zero-order valence-corrected chi connectivity index (χ0v) is 15.9. The second-order valence-corrected chi connectivity index (χ2v) is 6.70. The Morgan fingerprint density at radius 3 is 2.41 bits per heavy atom. The summed E-state index contributed by atoms with van der Waals surface area (Å²) in [7, 11) is 3.51. The SMILES string of the molecule is CC(C)N1Cc2cccn2CC(OCC(=O)N(C)C)C1.O=C(O)C(F)(F)F. The van der Waals surface area contributed by atoms with Gasteiger partial charge in [-0.1, -0.05) is 0 Å². The van der Waals surface area contributed by atoms with Crippen molar-refractivity contribution in [1.82, 2.24) is 14.4 Å². The summed E-state index contributed by atoms with van der Waals surface area (Å²) in [6, 6.07) is 4.69. The lowest BCUT2D eigenvalue weighted by Crippen LogP contribution is -2.39. The molecule has 154 valence electrons. The van der Waals surface area contributed by atoms with Crippen molar-refractivity contribution in [3.05, 3.63) is 24.0 Å². The maximum Gasteiger partial charge on any atom is 0.490 e. The fourth-order valence-corrected chi connectivity index (χ4v) is 2.40. The molecule has 0 aliphatic carbocycles. The van der Waals surface area contributed by atoms with Gasteiger partial charge in [0.25, 0.3) is 0 Å². The van der Waals surface area contributed by atoms with Gasteiger partial charge in [0.05, 0.1) is 6.10 Å². The van der Waals surface area contributed by atoms with E-state index >= 15 is 0 Å². The van der Waals surface area contributed by atoms with Gasteiger partial charge >= 0.3 is 12.1 Å². The lowest BCUT2D eigenvalue weighted by Gasteiger charge is -2.27. The molecular formula is C17H26F3N3O4. The van der Waals surface area contributed by atoms with E-state index < -0.39 is 12.1 Å². The molecule has 2 rings (SSSR count). The quantitative estimate of drug-likeness (QED) is 0.845. The number of halogens is 3. The molecule has 1 aliphatic heterocycles. The first kappa shape index (κ1) is 23.0. The Labute approximate surface area is 156 Å². The summed E-state index contributed by atoms with van der Waals surface area (Å²) in [6.45, 7) is 7.15. The van der Waals surface area contributed by atoms with Crippen LogP contribution in [0.4, 0.5) is 13.2 Å². The molecular weight excluding hydrogens is 367 g/mol. The van der Waals surface area contributed by atoms with E-state index in [1.54, 1.807) is 19.0 Å². The molecule has 0 radical (unpaired) electrons. The third kappa shape index (κ3) is 7.59. The minimum atomic E-state index is -5.08. The van der Waals surface area contributed by atoms with Crippen LogP contribution < -0.4 is 0 Å². The Kier molecular flexibility index (Phi) is 8.29. The molecule has 1 N–H and O–H groups in total. The van der Waals surface area contributed by atoms with Crippen molar-refractivity contribution in [3.63, 3.8) is 0 Å². The average Bonchev–Trinajstić information content (AvgIpc) is 2.89. The lowest BCUT2D eigenvalue weighted by molar-refractivity contribution is -0.192. The molecule has 1 aromatic rings. The van der Waals surface area contributed by atoms with Gasteiger partial charge in [0.15, 0.2) is 0 Å². The maximum absolute atomic E-state index is 11.7. The number of rotatable bonds is 4. The topological polar surface area (TPSA) is 75.0 Å². The first-order chi connectivity index (χ1) is 12.4. The van der Waals surface area contributed by atoms with Gasteiger partial charge in [-0.05, 0) is 26.0 Å². The molecule has 0 bridgehead atoms. The summed E-state index contributed by atoms with van der Waals surface area (Å²) >= 11 is 0. The molecule has 1 aliphatic rings. The number of aromatic nitrogens is 1. The number of amides is 1. The van der Waals surface area contributed by atoms with Crippen LogP contribution in [0.1, 0.15) is 19.5 Å². The van der Waals surface area contributed by atoms with E-state index in [1.807, 2.05) is 0 Å². The van der Waals surface area contributed by atoms with Gasteiger partial charge in [-0.25, -0.2) is 4.79 Å².